The summed E-state index contributed by atoms with van der Waals surface area (Å²) in [5.74, 6) is -17.2. The Morgan fingerprint density at radius 1 is 0.661 bits per heavy atom. The number of nitrogens with one attached hydrogen (secondary N) is 3. The van der Waals surface area contributed by atoms with E-state index >= 15 is 41.9 Å². The molecule has 2 aromatic rings. The van der Waals surface area contributed by atoms with Gasteiger partial charge in [0.1, 0.15) is 71.1 Å². The van der Waals surface area contributed by atoms with Gasteiger partial charge in [0.05, 0.1) is 37.0 Å². The maximum absolute atomic E-state index is 16.0. The van der Waals surface area contributed by atoms with Crippen LogP contribution < -0.4 is 16.0 Å². The lowest BCUT2D eigenvalue weighted by atomic mass is 9.77. The predicted molar refractivity (Wildman–Crippen MR) is 379 cm³/mol. The van der Waals surface area contributed by atoms with E-state index in [4.69, 9.17) is 4.74 Å². The average molecular weight is 1550 g/mol. The smallest absolute Gasteiger partial charge is 0.377 e. The van der Waals surface area contributed by atoms with Gasteiger partial charge in [-0.1, -0.05) is 71.6 Å². The van der Waals surface area contributed by atoms with Crippen LogP contribution in [0.15, 0.2) is 48.3 Å². The molecule has 2 aromatic carbocycles. The molecule has 3 aliphatic heterocycles. The number of likely N-dealkylation sites (N-methyl/N-ethyl adjacent to an activating group) is 7. The summed E-state index contributed by atoms with van der Waals surface area (Å²) in [6, 6.07) is -8.26. The number of carbonyl (C=O) groups excluding carboxylic acids is 12. The van der Waals surface area contributed by atoms with E-state index < -0.39 is 241 Å². The standard InChI is InChI=1S/C75H103F9N12O13/c1-14-43(5)62-70(106)90(9)41-60(99)92(11)55-36-48(76)22-19-31-95(69(55)105)57(35-44-23-26-47(27-24-44)74(79,80)81)68(104)89(8)40-58(97)85-52(28-25-45-33-50(77)61(51(78)34-45)75(82,83)84)66(102)96-39-49(109-15-2)37-54(96)65(101)87-73(29-16-17-30-73)72(108)94(13)63(46-20-18-21-46)71(107)93(12)56(67(103)88(6)7)38-59(98)91(10)53(32-42(3)4)64(100)86-62/h22-24,26-27,33-34,42-43,46,49,52-57,62-63H,14-21,25,28-32,35-41H2,1-13H3,(H,85,97)(H,86,100)(H,87,101)/b48-22+/t43-,49+,52-,53-,54-,55-,56-,57-,62-,63-/m0/s1. The van der Waals surface area contributed by atoms with Crippen LogP contribution in [0.1, 0.15) is 147 Å². The van der Waals surface area contributed by atoms with E-state index in [2.05, 4.69) is 16.0 Å². The van der Waals surface area contributed by atoms with Crippen LogP contribution in [0.25, 0.3) is 0 Å². The molecule has 10 atom stereocenters. The summed E-state index contributed by atoms with van der Waals surface area (Å²) < 4.78 is 136. The third-order valence-electron chi connectivity index (χ3n) is 21.8. The van der Waals surface area contributed by atoms with Gasteiger partial charge in [0.25, 0.3) is 0 Å². The monoisotopic (exact) mass is 1550 g/mol. The van der Waals surface area contributed by atoms with Crippen LogP contribution in [0.4, 0.5) is 39.5 Å². The first kappa shape index (κ1) is 87.4. The number of fused-ring (bicyclic) bond motifs is 3. The van der Waals surface area contributed by atoms with Gasteiger partial charge in [-0.3, -0.25) is 57.5 Å². The van der Waals surface area contributed by atoms with E-state index in [1.165, 1.54) is 52.1 Å². The molecule has 2 bridgehead atoms. The van der Waals surface area contributed by atoms with Crippen molar-refractivity contribution < 1.29 is 102 Å². The SMILES string of the molecule is CCO[C@@H]1C[C@H]2C(=O)NC3(CCCC3)C(=O)N(C)[C@@H](C3CCC3)C(=O)N(C)[C@H](C(=O)N(C)C)CC(=O)N(C)[C@@H](CC(C)C)C(=O)N[C@@H]([C@@H](C)CC)C(=O)N(C)CC(=O)N(C)[C@H]3C/C(F)=C\CCN(C3=O)[C@@H](Cc3ccc(C(F)(F)F)cc3)C(=O)N(C)CC(=O)N[C@@H](CCc3cc(F)c(C(F)(F)F)c(F)c3)C(=O)N2C1. The van der Waals surface area contributed by atoms with Gasteiger partial charge in [0, 0.05) is 95.3 Å². The van der Waals surface area contributed by atoms with Crippen LogP contribution >= 0.6 is 0 Å². The molecule has 2 saturated heterocycles. The fourth-order valence-corrected chi connectivity index (χ4v) is 15.0. The maximum Gasteiger partial charge on any atom is 0.422 e. The number of hydrogen-bond donors (Lipinski definition) is 3. The van der Waals surface area contributed by atoms with Gasteiger partial charge in [-0.2, -0.15) is 26.3 Å². The van der Waals surface area contributed by atoms with Gasteiger partial charge in [0.15, 0.2) is 0 Å². The molecule has 4 fully saturated rings. The number of aryl methyl sites for hydroxylation is 1. The fourth-order valence-electron chi connectivity index (χ4n) is 15.0. The molecular formula is C75H103F9N12O13. The maximum atomic E-state index is 16.0. The van der Waals surface area contributed by atoms with Gasteiger partial charge < -0.3 is 64.8 Å². The summed E-state index contributed by atoms with van der Waals surface area (Å²) in [5.41, 5.74) is -5.44. The summed E-state index contributed by atoms with van der Waals surface area (Å²) >= 11 is 0. The molecule has 34 heteroatoms. The second-order valence-electron chi connectivity index (χ2n) is 30.2. The molecule has 7 rings (SSSR count). The van der Waals surface area contributed by atoms with Gasteiger partial charge in [-0.25, -0.2) is 13.2 Å². The van der Waals surface area contributed by atoms with Gasteiger partial charge >= 0.3 is 12.4 Å². The molecule has 0 unspecified atom stereocenters. The van der Waals surface area contributed by atoms with Crippen molar-refractivity contribution in [1.29, 1.82) is 0 Å². The van der Waals surface area contributed by atoms with Crippen LogP contribution in [0.5, 0.6) is 0 Å². The second kappa shape index (κ2) is 36.8. The van der Waals surface area contributed by atoms with E-state index in [0.29, 0.717) is 44.2 Å². The first-order valence-electron chi connectivity index (χ1n) is 36.9. The molecular weight excluding hydrogens is 1450 g/mol. The summed E-state index contributed by atoms with van der Waals surface area (Å²) in [6.45, 7) is 5.92. The van der Waals surface area contributed by atoms with Crippen molar-refractivity contribution >= 4 is 70.9 Å². The Labute approximate surface area is 629 Å². The average Bonchev–Trinajstić information content (AvgIpc) is 1.74. The molecule has 2 aliphatic carbocycles. The molecule has 604 valence electrons. The molecule has 3 heterocycles. The lowest BCUT2D eigenvalue weighted by Gasteiger charge is -2.44. The number of hydrogen-bond acceptors (Lipinski definition) is 13. The van der Waals surface area contributed by atoms with Crippen LogP contribution in [-0.2, 0) is 87.5 Å². The quantitative estimate of drug-likeness (QED) is 0.193. The summed E-state index contributed by atoms with van der Waals surface area (Å²) in [5, 5.41) is 8.22. The minimum atomic E-state index is -5.48. The van der Waals surface area contributed by atoms with Crippen LogP contribution in [0, 0.1) is 29.4 Å². The molecule has 1 spiro atoms. The van der Waals surface area contributed by atoms with Crippen molar-refractivity contribution in [1.82, 2.24) is 60.0 Å². The second-order valence-corrected chi connectivity index (χ2v) is 30.2. The third-order valence-corrected chi connectivity index (χ3v) is 21.8. The highest BCUT2D eigenvalue weighted by Crippen LogP contribution is 2.40. The largest absolute Gasteiger partial charge is 0.422 e. The minimum Gasteiger partial charge on any atom is -0.377 e. The number of nitrogens with zero attached hydrogens (tertiary/aromatic N) is 9. The number of carbonyl (C=O) groups is 12. The summed E-state index contributed by atoms with van der Waals surface area (Å²) in [7, 11) is 10.3. The van der Waals surface area contributed by atoms with Crippen molar-refractivity contribution in [2.24, 2.45) is 17.8 Å². The Balaban J connectivity index is 1.36. The number of halogens is 9. The first-order chi connectivity index (χ1) is 51.0. The fraction of sp³-hybridized carbons (Fsp3) is 0.653. The number of amides is 12. The Kier molecular flexibility index (Phi) is 29.5. The molecule has 2 saturated carbocycles. The lowest BCUT2D eigenvalue weighted by Crippen LogP contribution is -2.65. The number of rotatable bonds is 13. The van der Waals surface area contributed by atoms with E-state index in [-0.39, 0.29) is 63.2 Å². The van der Waals surface area contributed by atoms with Crippen molar-refractivity contribution in [2.75, 3.05) is 89.2 Å². The van der Waals surface area contributed by atoms with Crippen molar-refractivity contribution in [3.63, 3.8) is 0 Å². The number of ether oxygens (including phenoxy) is 1. The third kappa shape index (κ3) is 21.0. The topological polar surface area (TPSA) is 279 Å². The molecule has 12 amide bonds. The highest BCUT2D eigenvalue weighted by Gasteiger charge is 2.53. The minimum absolute atomic E-state index is 0.00830. The van der Waals surface area contributed by atoms with Gasteiger partial charge in [-0.15, -0.1) is 0 Å². The normalized spacial score (nSPS) is 26.2. The highest BCUT2D eigenvalue weighted by atomic mass is 19.4. The zero-order valence-corrected chi connectivity index (χ0v) is 64.1. The zero-order valence-electron chi connectivity index (χ0n) is 64.1. The van der Waals surface area contributed by atoms with Gasteiger partial charge in [-0.05, 0) is 111 Å². The van der Waals surface area contributed by atoms with Crippen LogP contribution in [-0.4, -0.2) is 264 Å². The van der Waals surface area contributed by atoms with Crippen molar-refractivity contribution in [3.05, 3.63) is 82.2 Å². The summed E-state index contributed by atoms with van der Waals surface area (Å²) in [4.78, 5) is 190. The molecule has 5 aliphatic rings. The Hall–Kier alpha value is -8.85. The zero-order chi connectivity index (χ0) is 81.2. The Bertz CT molecular complexity index is 3700. The molecule has 0 radical (unpaired) electrons. The summed E-state index contributed by atoms with van der Waals surface area (Å²) in [6.07, 6.45) is -11.4. The Morgan fingerprint density at radius 3 is 1.83 bits per heavy atom. The lowest BCUT2D eigenvalue weighted by molar-refractivity contribution is -0.157. The van der Waals surface area contributed by atoms with Crippen LogP contribution in [0.3, 0.4) is 0 Å². The molecule has 25 nitrogen and oxygen atoms in total. The van der Waals surface area contributed by atoms with Crippen molar-refractivity contribution in [3.8, 4) is 0 Å². The van der Waals surface area contributed by atoms with Crippen LogP contribution in [0.2, 0.25) is 0 Å². The Morgan fingerprint density at radius 2 is 1.28 bits per heavy atom. The van der Waals surface area contributed by atoms with E-state index in [1.807, 2.05) is 0 Å². The molecule has 0 aromatic heterocycles. The van der Waals surface area contributed by atoms with Gasteiger partial charge in [0.2, 0.25) is 70.9 Å². The molecule has 109 heavy (non-hydrogen) atoms. The predicted octanol–water partition coefficient (Wildman–Crippen LogP) is 6.04. The molecule has 3 N–H and O–H groups in total. The highest BCUT2D eigenvalue weighted by molar-refractivity contribution is 6.01. The van der Waals surface area contributed by atoms with E-state index in [1.54, 1.807) is 34.6 Å². The first-order valence-corrected chi connectivity index (χ1v) is 36.9. The van der Waals surface area contributed by atoms with E-state index in [0.717, 1.165) is 78.7 Å². The number of benzene rings is 2. The van der Waals surface area contributed by atoms with E-state index in [9.17, 15) is 55.1 Å². The number of alkyl halides is 6. The van der Waals surface area contributed by atoms with Crippen molar-refractivity contribution in [2.45, 2.75) is 210 Å².